The Morgan fingerprint density at radius 3 is 2.77 bits per heavy atom. The average molecular weight is 313 g/mol. The number of nitrogens with one attached hydrogen (secondary N) is 2. The molecule has 0 aromatic heterocycles. The molecule has 2 aromatic carbocycles. The van der Waals surface area contributed by atoms with Gasteiger partial charge in [-0.05, 0) is 35.5 Å². The van der Waals surface area contributed by atoms with Gasteiger partial charge in [-0.1, -0.05) is 42.5 Å². The highest BCUT2D eigenvalue weighted by Crippen LogP contribution is 2.12. The molecule has 2 N–H and O–H groups in total. The van der Waals surface area contributed by atoms with Gasteiger partial charge in [-0.15, -0.1) is 0 Å². The first-order chi connectivity index (χ1) is 10.8. The second kappa shape index (κ2) is 8.79. The summed E-state index contributed by atoms with van der Waals surface area (Å²) >= 11 is 4.94. The number of hydrazone groups is 1. The van der Waals surface area contributed by atoms with Crippen molar-refractivity contribution in [3.8, 4) is 5.75 Å². The van der Waals surface area contributed by atoms with Crippen LogP contribution in [0.1, 0.15) is 11.1 Å². The Morgan fingerprint density at radius 2 is 2.00 bits per heavy atom. The van der Waals surface area contributed by atoms with E-state index in [-0.39, 0.29) is 0 Å². The Balaban J connectivity index is 1.84. The molecule has 0 bridgehead atoms. The zero-order valence-electron chi connectivity index (χ0n) is 12.5. The molecule has 4 nitrogen and oxygen atoms in total. The highest BCUT2D eigenvalue weighted by Gasteiger charge is 1.97. The van der Waals surface area contributed by atoms with Crippen molar-refractivity contribution in [2.45, 2.75) is 6.42 Å². The minimum atomic E-state index is 0.478. The topological polar surface area (TPSA) is 45.7 Å². The Labute approximate surface area is 136 Å². The molecule has 0 saturated heterocycles. The van der Waals surface area contributed by atoms with E-state index >= 15 is 0 Å². The molecule has 114 valence electrons. The number of benzene rings is 2. The minimum Gasteiger partial charge on any atom is -0.493 e. The molecule has 2 aromatic rings. The summed E-state index contributed by atoms with van der Waals surface area (Å²) in [5.41, 5.74) is 4.93. The molecule has 0 heterocycles. The Morgan fingerprint density at radius 1 is 1.18 bits per heavy atom. The summed E-state index contributed by atoms with van der Waals surface area (Å²) in [7, 11) is 1.74. The fourth-order valence-electron chi connectivity index (χ4n) is 1.84. The number of nitrogens with zero attached hydrogens (tertiary/aromatic N) is 1. The second-order valence-corrected chi connectivity index (χ2v) is 5.01. The van der Waals surface area contributed by atoms with Gasteiger partial charge in [0.25, 0.3) is 0 Å². The number of hydrogen-bond donors (Lipinski definition) is 2. The lowest BCUT2D eigenvalue weighted by Crippen LogP contribution is -2.28. The summed E-state index contributed by atoms with van der Waals surface area (Å²) < 4.78 is 5.78. The standard InChI is InChI=1S/C17H19N3OS/c1-18-17(22)20-19-13-15-8-5-9-16(12-15)21-11-10-14-6-3-2-4-7-14/h2-9,12-13H,10-11H2,1H3,(H2,18,20,22)/b19-13-. The third-order valence-electron chi connectivity index (χ3n) is 2.97. The molecule has 0 aliphatic carbocycles. The molecule has 2 rings (SSSR count). The monoisotopic (exact) mass is 313 g/mol. The maximum absolute atomic E-state index is 5.78. The third-order valence-corrected chi connectivity index (χ3v) is 3.26. The smallest absolute Gasteiger partial charge is 0.186 e. The summed E-state index contributed by atoms with van der Waals surface area (Å²) in [4.78, 5) is 0. The minimum absolute atomic E-state index is 0.478. The molecule has 0 aliphatic rings. The maximum Gasteiger partial charge on any atom is 0.186 e. The van der Waals surface area contributed by atoms with E-state index in [9.17, 15) is 0 Å². The normalized spacial score (nSPS) is 10.4. The summed E-state index contributed by atoms with van der Waals surface area (Å²) in [6.07, 6.45) is 2.59. The van der Waals surface area contributed by atoms with E-state index in [4.69, 9.17) is 17.0 Å². The van der Waals surface area contributed by atoms with Crippen LogP contribution in [0.5, 0.6) is 5.75 Å². The molecule has 0 saturated carbocycles. The lowest BCUT2D eigenvalue weighted by Gasteiger charge is -2.07. The molecular formula is C17H19N3OS. The molecule has 5 heteroatoms. The maximum atomic E-state index is 5.78. The van der Waals surface area contributed by atoms with Gasteiger partial charge < -0.3 is 10.1 Å². The van der Waals surface area contributed by atoms with Gasteiger partial charge in [-0.2, -0.15) is 5.10 Å². The highest BCUT2D eigenvalue weighted by molar-refractivity contribution is 7.80. The number of thiocarbonyl (C=S) groups is 1. The lowest BCUT2D eigenvalue weighted by atomic mass is 10.2. The Hall–Kier alpha value is -2.40. The first-order valence-electron chi connectivity index (χ1n) is 7.05. The van der Waals surface area contributed by atoms with Gasteiger partial charge >= 0.3 is 0 Å². The van der Waals surface area contributed by atoms with Crippen molar-refractivity contribution in [1.82, 2.24) is 10.7 Å². The molecule has 0 amide bonds. The van der Waals surface area contributed by atoms with Gasteiger partial charge in [0.1, 0.15) is 5.75 Å². The van der Waals surface area contributed by atoms with Gasteiger partial charge in [-0.3, -0.25) is 5.43 Å². The van der Waals surface area contributed by atoms with Gasteiger partial charge in [-0.25, -0.2) is 0 Å². The van der Waals surface area contributed by atoms with Gasteiger partial charge in [0.15, 0.2) is 5.11 Å². The van der Waals surface area contributed by atoms with E-state index in [2.05, 4.69) is 28.0 Å². The van der Waals surface area contributed by atoms with Crippen LogP contribution < -0.4 is 15.5 Å². The molecule has 0 fully saturated rings. The Kier molecular flexibility index (Phi) is 6.39. The van der Waals surface area contributed by atoms with Crippen LogP contribution in [0.15, 0.2) is 59.7 Å². The summed E-state index contributed by atoms with van der Waals surface area (Å²) in [5.74, 6) is 0.830. The van der Waals surface area contributed by atoms with Crippen LogP contribution in [0.25, 0.3) is 0 Å². The van der Waals surface area contributed by atoms with Crippen molar-refractivity contribution in [1.29, 1.82) is 0 Å². The molecule has 0 spiro atoms. The predicted molar refractivity (Wildman–Crippen MR) is 94.5 cm³/mol. The largest absolute Gasteiger partial charge is 0.493 e. The van der Waals surface area contributed by atoms with Crippen LogP contribution in [-0.4, -0.2) is 25.0 Å². The quantitative estimate of drug-likeness (QED) is 0.489. The van der Waals surface area contributed by atoms with Crippen molar-refractivity contribution in [2.24, 2.45) is 5.10 Å². The number of rotatable bonds is 6. The van der Waals surface area contributed by atoms with Gasteiger partial charge in [0, 0.05) is 13.5 Å². The van der Waals surface area contributed by atoms with Crippen molar-refractivity contribution in [2.75, 3.05) is 13.7 Å². The Bertz CT molecular complexity index is 629. The first kappa shape index (κ1) is 16.0. The molecule has 0 radical (unpaired) electrons. The van der Waals surface area contributed by atoms with Crippen LogP contribution in [0, 0.1) is 0 Å². The molecule has 0 atom stereocenters. The van der Waals surface area contributed by atoms with E-state index in [1.807, 2.05) is 42.5 Å². The van der Waals surface area contributed by atoms with E-state index in [0.29, 0.717) is 11.7 Å². The van der Waals surface area contributed by atoms with Crippen LogP contribution in [0.3, 0.4) is 0 Å². The van der Waals surface area contributed by atoms with Crippen molar-refractivity contribution < 1.29 is 4.74 Å². The first-order valence-corrected chi connectivity index (χ1v) is 7.46. The average Bonchev–Trinajstić information content (AvgIpc) is 2.56. The number of hydrogen-bond acceptors (Lipinski definition) is 3. The molecule has 0 aliphatic heterocycles. The molecule has 22 heavy (non-hydrogen) atoms. The second-order valence-electron chi connectivity index (χ2n) is 4.61. The number of ether oxygens (including phenoxy) is 1. The zero-order chi connectivity index (χ0) is 15.6. The summed E-state index contributed by atoms with van der Waals surface area (Å²) in [5, 5.41) is 7.31. The van der Waals surface area contributed by atoms with Crippen molar-refractivity contribution in [3.63, 3.8) is 0 Å². The summed E-state index contributed by atoms with van der Waals surface area (Å²) in [6.45, 7) is 0.646. The summed E-state index contributed by atoms with van der Waals surface area (Å²) in [6, 6.07) is 18.1. The molecule has 0 unspecified atom stereocenters. The van der Waals surface area contributed by atoms with Crippen LogP contribution in [0.2, 0.25) is 0 Å². The molecular weight excluding hydrogens is 294 g/mol. The van der Waals surface area contributed by atoms with Crippen molar-refractivity contribution in [3.05, 3.63) is 65.7 Å². The van der Waals surface area contributed by atoms with Crippen LogP contribution >= 0.6 is 12.2 Å². The van der Waals surface area contributed by atoms with Gasteiger partial charge in [0.2, 0.25) is 0 Å². The fourth-order valence-corrected chi connectivity index (χ4v) is 1.89. The van der Waals surface area contributed by atoms with E-state index in [1.54, 1.807) is 13.3 Å². The van der Waals surface area contributed by atoms with E-state index < -0.39 is 0 Å². The lowest BCUT2D eigenvalue weighted by molar-refractivity contribution is 0.322. The third kappa shape index (κ3) is 5.54. The van der Waals surface area contributed by atoms with Gasteiger partial charge in [0.05, 0.1) is 12.8 Å². The SMILES string of the molecule is CNC(=S)N/N=C\c1cccc(OCCc2ccccc2)c1. The highest BCUT2D eigenvalue weighted by atomic mass is 32.1. The predicted octanol–water partition coefficient (Wildman–Crippen LogP) is 2.74. The van der Waals surface area contributed by atoms with E-state index in [1.165, 1.54) is 5.56 Å². The van der Waals surface area contributed by atoms with Crippen molar-refractivity contribution >= 4 is 23.5 Å². The zero-order valence-corrected chi connectivity index (χ0v) is 13.3. The fraction of sp³-hybridized carbons (Fsp3) is 0.176. The van der Waals surface area contributed by atoms with Crippen LogP contribution in [-0.2, 0) is 6.42 Å². The van der Waals surface area contributed by atoms with Crippen LogP contribution in [0.4, 0.5) is 0 Å². The van der Waals surface area contributed by atoms with E-state index in [0.717, 1.165) is 17.7 Å².